The van der Waals surface area contributed by atoms with Gasteiger partial charge in [0.05, 0.1) is 4.90 Å². The molecule has 1 aliphatic rings. The number of carbonyl (C=O) groups is 1. The lowest BCUT2D eigenvalue weighted by Gasteiger charge is -2.15. The molecular weight excluding hydrogens is 346 g/mol. The number of rotatable bonds is 6. The normalized spacial score (nSPS) is 15.5. The Morgan fingerprint density at radius 2 is 1.92 bits per heavy atom. The minimum absolute atomic E-state index is 0.0984. The van der Waals surface area contributed by atoms with Crippen LogP contribution in [-0.4, -0.2) is 36.7 Å². The van der Waals surface area contributed by atoms with E-state index in [1.165, 1.54) is 15.6 Å². The standard InChI is InChI=1S/C16H19N3O3S2/c20-15(18-16-17-9-12-23-16)8-5-13-3-6-14(7-4-13)24(21,22)19-10-1-2-11-19/h3-4,6-7,9,12H,1-2,5,8,10-11H2,(H,17,18,20). The van der Waals surface area contributed by atoms with E-state index in [-0.39, 0.29) is 5.91 Å². The maximum absolute atomic E-state index is 12.4. The SMILES string of the molecule is O=C(CCc1ccc(S(=O)(=O)N2CCCC2)cc1)Nc1nccs1. The van der Waals surface area contributed by atoms with E-state index in [0.29, 0.717) is 36.0 Å². The van der Waals surface area contributed by atoms with E-state index in [0.717, 1.165) is 18.4 Å². The van der Waals surface area contributed by atoms with Gasteiger partial charge < -0.3 is 5.32 Å². The second-order valence-corrected chi connectivity index (χ2v) is 8.47. The van der Waals surface area contributed by atoms with Gasteiger partial charge >= 0.3 is 0 Å². The van der Waals surface area contributed by atoms with E-state index in [1.54, 1.807) is 35.8 Å². The van der Waals surface area contributed by atoms with Crippen molar-refractivity contribution in [3.8, 4) is 0 Å². The second kappa shape index (κ2) is 7.42. The number of hydrogen-bond donors (Lipinski definition) is 1. The first-order valence-electron chi connectivity index (χ1n) is 7.84. The largest absolute Gasteiger partial charge is 0.302 e. The Hall–Kier alpha value is -1.77. The highest BCUT2D eigenvalue weighted by Gasteiger charge is 2.26. The summed E-state index contributed by atoms with van der Waals surface area (Å²) in [5.74, 6) is -0.0984. The van der Waals surface area contributed by atoms with Crippen molar-refractivity contribution in [2.75, 3.05) is 18.4 Å². The molecule has 1 aromatic heterocycles. The minimum Gasteiger partial charge on any atom is -0.302 e. The zero-order valence-corrected chi connectivity index (χ0v) is 14.8. The molecule has 1 amide bonds. The van der Waals surface area contributed by atoms with Gasteiger partial charge in [-0.05, 0) is 37.0 Å². The van der Waals surface area contributed by atoms with Crippen molar-refractivity contribution in [3.63, 3.8) is 0 Å². The summed E-state index contributed by atoms with van der Waals surface area (Å²) in [6.07, 6.45) is 4.37. The first kappa shape index (κ1) is 17.1. The van der Waals surface area contributed by atoms with E-state index < -0.39 is 10.0 Å². The molecule has 0 aliphatic carbocycles. The fraction of sp³-hybridized carbons (Fsp3) is 0.375. The zero-order valence-electron chi connectivity index (χ0n) is 13.1. The number of amides is 1. The molecule has 1 N–H and O–H groups in total. The lowest BCUT2D eigenvalue weighted by atomic mass is 10.1. The van der Waals surface area contributed by atoms with Gasteiger partial charge in [0.25, 0.3) is 0 Å². The van der Waals surface area contributed by atoms with Gasteiger partial charge in [0.15, 0.2) is 5.13 Å². The van der Waals surface area contributed by atoms with Crippen LogP contribution in [0, 0.1) is 0 Å². The fourth-order valence-electron chi connectivity index (χ4n) is 2.63. The van der Waals surface area contributed by atoms with E-state index in [2.05, 4.69) is 10.3 Å². The van der Waals surface area contributed by atoms with Crippen LogP contribution in [0.25, 0.3) is 0 Å². The van der Waals surface area contributed by atoms with Crippen molar-refractivity contribution >= 4 is 32.4 Å². The molecule has 2 heterocycles. The Morgan fingerprint density at radius 1 is 1.21 bits per heavy atom. The summed E-state index contributed by atoms with van der Waals surface area (Å²) in [7, 11) is -3.37. The number of hydrogen-bond acceptors (Lipinski definition) is 5. The Balaban J connectivity index is 1.57. The van der Waals surface area contributed by atoms with Crippen LogP contribution >= 0.6 is 11.3 Å². The predicted octanol–water partition coefficient (Wildman–Crippen LogP) is 2.50. The molecule has 3 rings (SSSR count). The molecule has 0 atom stereocenters. The molecule has 0 unspecified atom stereocenters. The Kier molecular flexibility index (Phi) is 5.27. The predicted molar refractivity (Wildman–Crippen MR) is 93.5 cm³/mol. The van der Waals surface area contributed by atoms with Crippen LogP contribution in [0.1, 0.15) is 24.8 Å². The molecule has 1 aromatic carbocycles. The number of anilines is 1. The molecule has 128 valence electrons. The van der Waals surface area contributed by atoms with Gasteiger partial charge in [0.1, 0.15) is 0 Å². The van der Waals surface area contributed by atoms with Crippen molar-refractivity contribution in [2.24, 2.45) is 0 Å². The number of nitrogens with one attached hydrogen (secondary N) is 1. The van der Waals surface area contributed by atoms with E-state index >= 15 is 0 Å². The topological polar surface area (TPSA) is 79.4 Å². The quantitative estimate of drug-likeness (QED) is 0.853. The van der Waals surface area contributed by atoms with Gasteiger partial charge in [-0.2, -0.15) is 4.31 Å². The number of aryl methyl sites for hydroxylation is 1. The van der Waals surface area contributed by atoms with Gasteiger partial charge in [0, 0.05) is 31.1 Å². The molecule has 2 aromatic rings. The molecular formula is C16H19N3O3S2. The first-order chi connectivity index (χ1) is 11.6. The first-order valence-corrected chi connectivity index (χ1v) is 10.2. The Bertz CT molecular complexity index is 780. The van der Waals surface area contributed by atoms with Crippen LogP contribution < -0.4 is 5.32 Å². The summed E-state index contributed by atoms with van der Waals surface area (Å²) in [5.41, 5.74) is 0.935. The molecule has 1 aliphatic heterocycles. The highest BCUT2D eigenvalue weighted by Crippen LogP contribution is 2.21. The van der Waals surface area contributed by atoms with E-state index in [4.69, 9.17) is 0 Å². The summed E-state index contributed by atoms with van der Waals surface area (Å²) < 4.78 is 26.4. The average molecular weight is 365 g/mol. The van der Waals surface area contributed by atoms with Crippen molar-refractivity contribution in [3.05, 3.63) is 41.4 Å². The molecule has 0 bridgehead atoms. The van der Waals surface area contributed by atoms with Gasteiger partial charge in [-0.15, -0.1) is 11.3 Å². The van der Waals surface area contributed by atoms with Crippen LogP contribution in [0.4, 0.5) is 5.13 Å². The van der Waals surface area contributed by atoms with Crippen molar-refractivity contribution < 1.29 is 13.2 Å². The minimum atomic E-state index is -3.37. The van der Waals surface area contributed by atoms with Gasteiger partial charge in [-0.25, -0.2) is 13.4 Å². The second-order valence-electron chi connectivity index (χ2n) is 5.64. The van der Waals surface area contributed by atoms with Crippen LogP contribution in [0.3, 0.4) is 0 Å². The maximum Gasteiger partial charge on any atom is 0.243 e. The van der Waals surface area contributed by atoms with Crippen LogP contribution in [-0.2, 0) is 21.2 Å². The average Bonchev–Trinajstić information content (AvgIpc) is 3.27. The summed E-state index contributed by atoms with van der Waals surface area (Å²) in [4.78, 5) is 16.2. The smallest absolute Gasteiger partial charge is 0.243 e. The molecule has 1 fully saturated rings. The van der Waals surface area contributed by atoms with E-state index in [9.17, 15) is 13.2 Å². The molecule has 0 radical (unpaired) electrons. The number of aromatic nitrogens is 1. The fourth-order valence-corrected chi connectivity index (χ4v) is 4.69. The van der Waals surface area contributed by atoms with Crippen LogP contribution in [0.5, 0.6) is 0 Å². The molecule has 6 nitrogen and oxygen atoms in total. The molecule has 24 heavy (non-hydrogen) atoms. The number of thiazole rings is 1. The van der Waals surface area contributed by atoms with Crippen LogP contribution in [0.15, 0.2) is 40.7 Å². The summed E-state index contributed by atoms with van der Waals surface area (Å²) >= 11 is 1.38. The van der Waals surface area contributed by atoms with Crippen molar-refractivity contribution in [2.45, 2.75) is 30.6 Å². The Labute approximate surface area is 145 Å². The summed E-state index contributed by atoms with van der Waals surface area (Å²) in [6, 6.07) is 6.81. The van der Waals surface area contributed by atoms with Crippen LogP contribution in [0.2, 0.25) is 0 Å². The lowest BCUT2D eigenvalue weighted by molar-refractivity contribution is -0.116. The number of benzene rings is 1. The number of sulfonamides is 1. The monoisotopic (exact) mass is 365 g/mol. The molecule has 1 saturated heterocycles. The molecule has 8 heteroatoms. The van der Waals surface area contributed by atoms with Gasteiger partial charge in [-0.3, -0.25) is 4.79 Å². The van der Waals surface area contributed by atoms with E-state index in [1.807, 2.05) is 0 Å². The molecule has 0 spiro atoms. The summed E-state index contributed by atoms with van der Waals surface area (Å²) in [5, 5.41) is 5.12. The zero-order chi connectivity index (χ0) is 17.0. The van der Waals surface area contributed by atoms with Crippen molar-refractivity contribution in [1.82, 2.24) is 9.29 Å². The third-order valence-electron chi connectivity index (χ3n) is 3.95. The third-order valence-corrected chi connectivity index (χ3v) is 6.55. The number of nitrogens with zero attached hydrogens (tertiary/aromatic N) is 2. The van der Waals surface area contributed by atoms with Gasteiger partial charge in [-0.1, -0.05) is 12.1 Å². The number of carbonyl (C=O) groups excluding carboxylic acids is 1. The highest BCUT2D eigenvalue weighted by atomic mass is 32.2. The highest BCUT2D eigenvalue weighted by molar-refractivity contribution is 7.89. The van der Waals surface area contributed by atoms with Gasteiger partial charge in [0.2, 0.25) is 15.9 Å². The Morgan fingerprint density at radius 3 is 2.54 bits per heavy atom. The lowest BCUT2D eigenvalue weighted by Crippen LogP contribution is -2.27. The maximum atomic E-state index is 12.4. The van der Waals surface area contributed by atoms with Crippen molar-refractivity contribution in [1.29, 1.82) is 0 Å². The summed E-state index contributed by atoms with van der Waals surface area (Å²) in [6.45, 7) is 1.20. The molecule has 0 saturated carbocycles. The third kappa shape index (κ3) is 4.00.